The Balaban J connectivity index is 1.56. The van der Waals surface area contributed by atoms with E-state index in [1.54, 1.807) is 0 Å². The second-order valence-electron chi connectivity index (χ2n) is 5.38. The summed E-state index contributed by atoms with van der Waals surface area (Å²) in [5.74, 6) is 1.53. The smallest absolute Gasteiger partial charge is 0.231 e. The maximum absolute atomic E-state index is 5.60. The van der Waals surface area contributed by atoms with Gasteiger partial charge in [-0.3, -0.25) is 0 Å². The number of hydrogen-bond donors (Lipinski definition) is 1. The first-order valence-corrected chi connectivity index (χ1v) is 7.78. The van der Waals surface area contributed by atoms with Gasteiger partial charge in [0.15, 0.2) is 16.6 Å². The van der Waals surface area contributed by atoms with Crippen LogP contribution < -0.4 is 19.7 Å². The molecule has 2 aromatic rings. The summed E-state index contributed by atoms with van der Waals surface area (Å²) in [6.45, 7) is 1.22. The van der Waals surface area contributed by atoms with Crippen LogP contribution in [-0.4, -0.2) is 18.5 Å². The van der Waals surface area contributed by atoms with Gasteiger partial charge in [-0.25, -0.2) is 0 Å². The third-order valence-corrected chi connectivity index (χ3v) is 4.30. The maximum Gasteiger partial charge on any atom is 0.231 e. The zero-order valence-electron chi connectivity index (χ0n) is 12.0. The van der Waals surface area contributed by atoms with Gasteiger partial charge in [0.1, 0.15) is 0 Å². The Morgan fingerprint density at radius 1 is 1.09 bits per heavy atom. The Kier molecular flexibility index (Phi) is 3.35. The first-order chi connectivity index (χ1) is 10.8. The van der Waals surface area contributed by atoms with Crippen molar-refractivity contribution in [2.45, 2.75) is 12.8 Å². The average molecular weight is 312 g/mol. The van der Waals surface area contributed by atoms with Gasteiger partial charge in [-0.2, -0.15) is 0 Å². The Morgan fingerprint density at radius 2 is 1.95 bits per heavy atom. The SMILES string of the molecule is S=C(Nc1ccc2c(c1)OCO2)N1CCCc2ccccc21. The summed E-state index contributed by atoms with van der Waals surface area (Å²) in [5, 5.41) is 4.02. The van der Waals surface area contributed by atoms with Gasteiger partial charge in [0.2, 0.25) is 6.79 Å². The van der Waals surface area contributed by atoms with E-state index in [9.17, 15) is 0 Å². The van der Waals surface area contributed by atoms with Crippen LogP contribution in [0, 0.1) is 0 Å². The Bertz CT molecular complexity index is 732. The monoisotopic (exact) mass is 312 g/mol. The molecule has 0 radical (unpaired) electrons. The highest BCUT2D eigenvalue weighted by Crippen LogP contribution is 2.34. The van der Waals surface area contributed by atoms with Crippen molar-refractivity contribution in [1.82, 2.24) is 0 Å². The molecule has 2 heterocycles. The summed E-state index contributed by atoms with van der Waals surface area (Å²) < 4.78 is 10.7. The lowest BCUT2D eigenvalue weighted by Gasteiger charge is -2.31. The molecule has 5 heteroatoms. The van der Waals surface area contributed by atoms with Gasteiger partial charge in [-0.15, -0.1) is 0 Å². The van der Waals surface area contributed by atoms with Crippen LogP contribution >= 0.6 is 12.2 Å². The molecule has 4 rings (SSSR count). The minimum Gasteiger partial charge on any atom is -0.454 e. The zero-order valence-corrected chi connectivity index (χ0v) is 12.9. The molecule has 0 unspecified atom stereocenters. The van der Waals surface area contributed by atoms with Crippen molar-refractivity contribution < 1.29 is 9.47 Å². The first kappa shape index (κ1) is 13.4. The van der Waals surface area contributed by atoms with E-state index in [2.05, 4.69) is 34.5 Å². The number of nitrogens with one attached hydrogen (secondary N) is 1. The van der Waals surface area contributed by atoms with Crippen LogP contribution in [0.15, 0.2) is 42.5 Å². The van der Waals surface area contributed by atoms with E-state index < -0.39 is 0 Å². The molecule has 2 aliphatic heterocycles. The molecular weight excluding hydrogens is 296 g/mol. The normalized spacial score (nSPS) is 15.4. The van der Waals surface area contributed by atoms with E-state index in [1.165, 1.54) is 11.3 Å². The molecule has 0 bridgehead atoms. The Labute approximate surface area is 134 Å². The van der Waals surface area contributed by atoms with Crippen LogP contribution in [0.2, 0.25) is 0 Å². The van der Waals surface area contributed by atoms with Crippen molar-refractivity contribution in [3.05, 3.63) is 48.0 Å². The average Bonchev–Trinajstić information content (AvgIpc) is 3.02. The number of hydrogen-bond acceptors (Lipinski definition) is 3. The van der Waals surface area contributed by atoms with Crippen molar-refractivity contribution in [2.75, 3.05) is 23.6 Å². The predicted octanol–water partition coefficient (Wildman–Crippen LogP) is 3.56. The molecule has 0 saturated carbocycles. The van der Waals surface area contributed by atoms with E-state index in [1.807, 2.05) is 18.2 Å². The summed E-state index contributed by atoms with van der Waals surface area (Å²) in [6, 6.07) is 14.2. The highest BCUT2D eigenvalue weighted by Gasteiger charge is 2.20. The number of fused-ring (bicyclic) bond motifs is 2. The molecule has 0 saturated heterocycles. The summed E-state index contributed by atoms with van der Waals surface area (Å²) in [6.07, 6.45) is 2.22. The van der Waals surface area contributed by atoms with E-state index in [-0.39, 0.29) is 6.79 Å². The van der Waals surface area contributed by atoms with Crippen molar-refractivity contribution in [3.8, 4) is 11.5 Å². The minimum atomic E-state index is 0.280. The van der Waals surface area contributed by atoms with Gasteiger partial charge in [-0.05, 0) is 48.8 Å². The number of nitrogens with zero attached hydrogens (tertiary/aromatic N) is 1. The van der Waals surface area contributed by atoms with Gasteiger partial charge in [0.25, 0.3) is 0 Å². The predicted molar refractivity (Wildman–Crippen MR) is 90.9 cm³/mol. The molecular formula is C17H16N2O2S. The quantitative estimate of drug-likeness (QED) is 0.814. The van der Waals surface area contributed by atoms with E-state index in [0.717, 1.165) is 36.6 Å². The molecule has 0 spiro atoms. The molecule has 1 N–H and O–H groups in total. The summed E-state index contributed by atoms with van der Waals surface area (Å²) in [7, 11) is 0. The number of aryl methyl sites for hydroxylation is 1. The molecule has 0 aliphatic carbocycles. The fourth-order valence-electron chi connectivity index (χ4n) is 2.91. The summed E-state index contributed by atoms with van der Waals surface area (Å²) >= 11 is 5.60. The molecule has 4 nitrogen and oxygen atoms in total. The maximum atomic E-state index is 5.60. The van der Waals surface area contributed by atoms with Crippen LogP contribution in [0.25, 0.3) is 0 Å². The second-order valence-corrected chi connectivity index (χ2v) is 5.77. The molecule has 0 amide bonds. The van der Waals surface area contributed by atoms with Crippen LogP contribution in [0.1, 0.15) is 12.0 Å². The van der Waals surface area contributed by atoms with E-state index in [4.69, 9.17) is 21.7 Å². The lowest BCUT2D eigenvalue weighted by Crippen LogP contribution is -2.38. The van der Waals surface area contributed by atoms with Crippen LogP contribution in [-0.2, 0) is 6.42 Å². The Hall–Kier alpha value is -2.27. The largest absolute Gasteiger partial charge is 0.454 e. The topological polar surface area (TPSA) is 33.7 Å². The molecule has 0 aromatic heterocycles. The fourth-order valence-corrected chi connectivity index (χ4v) is 3.22. The number of anilines is 2. The number of ether oxygens (including phenoxy) is 2. The lowest BCUT2D eigenvalue weighted by molar-refractivity contribution is 0.174. The van der Waals surface area contributed by atoms with Crippen LogP contribution in [0.5, 0.6) is 11.5 Å². The molecule has 112 valence electrons. The van der Waals surface area contributed by atoms with Crippen LogP contribution in [0.4, 0.5) is 11.4 Å². The van der Waals surface area contributed by atoms with E-state index >= 15 is 0 Å². The second kappa shape index (κ2) is 5.50. The minimum absolute atomic E-state index is 0.280. The number of benzene rings is 2. The summed E-state index contributed by atoms with van der Waals surface area (Å²) in [5.41, 5.74) is 3.47. The van der Waals surface area contributed by atoms with Gasteiger partial charge < -0.3 is 19.7 Å². The van der Waals surface area contributed by atoms with Crippen molar-refractivity contribution in [3.63, 3.8) is 0 Å². The van der Waals surface area contributed by atoms with E-state index in [0.29, 0.717) is 5.11 Å². The van der Waals surface area contributed by atoms with Crippen molar-refractivity contribution in [2.24, 2.45) is 0 Å². The fraction of sp³-hybridized carbons (Fsp3) is 0.235. The molecule has 0 fully saturated rings. The highest BCUT2D eigenvalue weighted by molar-refractivity contribution is 7.80. The number of rotatable bonds is 1. The summed E-state index contributed by atoms with van der Waals surface area (Å²) in [4.78, 5) is 2.17. The number of thiocarbonyl (C=S) groups is 1. The molecule has 2 aromatic carbocycles. The first-order valence-electron chi connectivity index (χ1n) is 7.37. The third kappa shape index (κ3) is 2.37. The van der Waals surface area contributed by atoms with Gasteiger partial charge in [0, 0.05) is 24.0 Å². The van der Waals surface area contributed by atoms with Crippen molar-refractivity contribution >= 4 is 28.7 Å². The van der Waals surface area contributed by atoms with Gasteiger partial charge in [-0.1, -0.05) is 18.2 Å². The standard InChI is InChI=1S/C17H16N2O2S/c22-17(18-13-7-8-15-16(10-13)21-11-20-15)19-9-3-5-12-4-1-2-6-14(12)19/h1-2,4,6-8,10H,3,5,9,11H2,(H,18,22). The van der Waals surface area contributed by atoms with Crippen molar-refractivity contribution in [1.29, 1.82) is 0 Å². The highest BCUT2D eigenvalue weighted by atomic mass is 32.1. The molecule has 2 aliphatic rings. The Morgan fingerprint density at radius 3 is 2.91 bits per heavy atom. The molecule has 0 atom stereocenters. The van der Waals surface area contributed by atoms with Gasteiger partial charge >= 0.3 is 0 Å². The lowest BCUT2D eigenvalue weighted by atomic mass is 10.0. The molecule has 22 heavy (non-hydrogen) atoms. The zero-order chi connectivity index (χ0) is 14.9. The van der Waals surface area contributed by atoms with Crippen LogP contribution in [0.3, 0.4) is 0 Å². The third-order valence-electron chi connectivity index (χ3n) is 3.98. The van der Waals surface area contributed by atoms with Gasteiger partial charge in [0.05, 0.1) is 0 Å². The number of para-hydroxylation sites is 1.